The summed E-state index contributed by atoms with van der Waals surface area (Å²) in [4.78, 5) is 26.5. The third-order valence-corrected chi connectivity index (χ3v) is 7.19. The fraction of sp³-hybridized carbons (Fsp3) is 0.333. The van der Waals surface area contributed by atoms with Gasteiger partial charge in [0, 0.05) is 24.5 Å². The largest absolute Gasteiger partial charge is 0.480 e. The molecule has 0 bridgehead atoms. The van der Waals surface area contributed by atoms with E-state index in [0.29, 0.717) is 6.54 Å². The minimum atomic E-state index is -1.02. The number of rotatable bonds is 8. The number of urea groups is 1. The highest BCUT2D eigenvalue weighted by atomic mass is 33.1. The third kappa shape index (κ3) is 5.94. The Balaban J connectivity index is 1.67. The van der Waals surface area contributed by atoms with Crippen molar-refractivity contribution in [1.82, 2.24) is 10.2 Å². The standard InChI is InChI=1S/C21H24N2O3S2/c24-20(25)19(13-17-9-5-2-6-10-17)22-21(26)23(18-14-27-28-15-18)12-11-16-7-3-1-4-8-16/h1-10,18-19H,11-15H2,(H,22,26)(H,24,25). The second kappa shape index (κ2) is 10.4. The van der Waals surface area contributed by atoms with Gasteiger partial charge in [-0.15, -0.1) is 0 Å². The van der Waals surface area contributed by atoms with E-state index < -0.39 is 12.0 Å². The molecule has 1 heterocycles. The molecule has 0 radical (unpaired) electrons. The Morgan fingerprint density at radius 1 is 1.00 bits per heavy atom. The van der Waals surface area contributed by atoms with Gasteiger partial charge in [-0.25, -0.2) is 9.59 Å². The van der Waals surface area contributed by atoms with Gasteiger partial charge in [0.25, 0.3) is 0 Å². The van der Waals surface area contributed by atoms with Gasteiger partial charge in [0.15, 0.2) is 0 Å². The van der Waals surface area contributed by atoms with Crippen LogP contribution in [0, 0.1) is 0 Å². The zero-order valence-corrected chi connectivity index (χ0v) is 17.1. The van der Waals surface area contributed by atoms with Crippen LogP contribution in [-0.4, -0.2) is 52.1 Å². The van der Waals surface area contributed by atoms with Crippen molar-refractivity contribution in [2.45, 2.75) is 24.9 Å². The van der Waals surface area contributed by atoms with Crippen LogP contribution in [0.5, 0.6) is 0 Å². The number of hydrogen-bond donors (Lipinski definition) is 2. The van der Waals surface area contributed by atoms with E-state index >= 15 is 0 Å². The first-order valence-corrected chi connectivity index (χ1v) is 11.7. The summed E-state index contributed by atoms with van der Waals surface area (Å²) in [7, 11) is 3.51. The highest BCUT2D eigenvalue weighted by Gasteiger charge is 2.30. The first-order chi connectivity index (χ1) is 13.6. The summed E-state index contributed by atoms with van der Waals surface area (Å²) in [6, 6.07) is 18.3. The highest BCUT2D eigenvalue weighted by molar-refractivity contribution is 8.77. The minimum absolute atomic E-state index is 0.116. The normalized spacial score (nSPS) is 15.1. The molecule has 1 unspecified atom stereocenters. The van der Waals surface area contributed by atoms with Crippen LogP contribution in [0.25, 0.3) is 0 Å². The molecule has 28 heavy (non-hydrogen) atoms. The monoisotopic (exact) mass is 416 g/mol. The average Bonchev–Trinajstić information content (AvgIpc) is 3.23. The number of nitrogens with zero attached hydrogens (tertiary/aromatic N) is 1. The number of carbonyl (C=O) groups excluding carboxylic acids is 1. The molecule has 1 saturated heterocycles. The van der Waals surface area contributed by atoms with Gasteiger partial charge in [-0.2, -0.15) is 0 Å². The minimum Gasteiger partial charge on any atom is -0.480 e. The lowest BCUT2D eigenvalue weighted by atomic mass is 10.1. The van der Waals surface area contributed by atoms with Gasteiger partial charge in [0.05, 0.1) is 6.04 Å². The first kappa shape index (κ1) is 20.6. The molecule has 7 heteroatoms. The van der Waals surface area contributed by atoms with Gasteiger partial charge >= 0.3 is 12.0 Å². The highest BCUT2D eigenvalue weighted by Crippen LogP contribution is 2.33. The molecule has 148 valence electrons. The smallest absolute Gasteiger partial charge is 0.326 e. The van der Waals surface area contributed by atoms with E-state index in [1.54, 1.807) is 26.5 Å². The number of carboxylic acids is 1. The van der Waals surface area contributed by atoms with E-state index in [2.05, 4.69) is 5.32 Å². The topological polar surface area (TPSA) is 69.6 Å². The maximum Gasteiger partial charge on any atom is 0.326 e. The van der Waals surface area contributed by atoms with Crippen LogP contribution >= 0.6 is 21.6 Å². The lowest BCUT2D eigenvalue weighted by molar-refractivity contribution is -0.139. The van der Waals surface area contributed by atoms with Gasteiger partial charge in [-0.1, -0.05) is 82.3 Å². The van der Waals surface area contributed by atoms with E-state index in [1.807, 2.05) is 60.7 Å². The van der Waals surface area contributed by atoms with Crippen LogP contribution in [0.2, 0.25) is 0 Å². The van der Waals surface area contributed by atoms with Crippen LogP contribution in [-0.2, 0) is 17.6 Å². The van der Waals surface area contributed by atoms with Crippen molar-refractivity contribution in [2.24, 2.45) is 0 Å². The Hall–Kier alpha value is -2.12. The first-order valence-electron chi connectivity index (χ1n) is 9.25. The van der Waals surface area contributed by atoms with Crippen LogP contribution in [0.1, 0.15) is 11.1 Å². The van der Waals surface area contributed by atoms with Gasteiger partial charge in [0.1, 0.15) is 6.04 Å². The van der Waals surface area contributed by atoms with Gasteiger partial charge in [0.2, 0.25) is 0 Å². The van der Waals surface area contributed by atoms with Gasteiger partial charge < -0.3 is 15.3 Å². The number of nitrogens with one attached hydrogen (secondary N) is 1. The fourth-order valence-electron chi connectivity index (χ4n) is 3.11. The molecule has 5 nitrogen and oxygen atoms in total. The van der Waals surface area contributed by atoms with Crippen LogP contribution in [0.4, 0.5) is 4.79 Å². The second-order valence-corrected chi connectivity index (χ2v) is 9.23. The van der Waals surface area contributed by atoms with E-state index in [-0.39, 0.29) is 18.5 Å². The Labute approximate surface area is 173 Å². The van der Waals surface area contributed by atoms with E-state index in [9.17, 15) is 14.7 Å². The summed E-state index contributed by atoms with van der Waals surface area (Å²) in [6.07, 6.45) is 1.01. The molecule has 0 aromatic heterocycles. The third-order valence-electron chi connectivity index (χ3n) is 4.67. The van der Waals surface area contributed by atoms with Crippen molar-refractivity contribution in [3.8, 4) is 0 Å². The molecule has 0 spiro atoms. The molecule has 2 amide bonds. The van der Waals surface area contributed by atoms with Crippen molar-refractivity contribution in [3.05, 3.63) is 71.8 Å². The number of benzene rings is 2. The maximum absolute atomic E-state index is 13.0. The zero-order chi connectivity index (χ0) is 19.8. The van der Waals surface area contributed by atoms with Crippen molar-refractivity contribution in [2.75, 3.05) is 18.1 Å². The molecule has 2 aromatic carbocycles. The van der Waals surface area contributed by atoms with E-state index in [0.717, 1.165) is 29.1 Å². The molecular weight excluding hydrogens is 392 g/mol. The van der Waals surface area contributed by atoms with Gasteiger partial charge in [-0.05, 0) is 17.5 Å². The quantitative estimate of drug-likeness (QED) is 0.642. The van der Waals surface area contributed by atoms with Crippen molar-refractivity contribution in [1.29, 1.82) is 0 Å². The van der Waals surface area contributed by atoms with Crippen LogP contribution < -0.4 is 5.32 Å². The predicted molar refractivity (Wildman–Crippen MR) is 116 cm³/mol. The number of amides is 2. The number of carbonyl (C=O) groups is 2. The molecular formula is C21H24N2O3S2. The fourth-order valence-corrected chi connectivity index (χ4v) is 5.88. The summed E-state index contributed by atoms with van der Waals surface area (Å²) in [5.41, 5.74) is 2.05. The van der Waals surface area contributed by atoms with Crippen LogP contribution in [0.15, 0.2) is 60.7 Å². The molecule has 1 aliphatic heterocycles. The van der Waals surface area contributed by atoms with E-state index in [1.165, 1.54) is 0 Å². The second-order valence-electron chi connectivity index (χ2n) is 6.68. The number of hydrogen-bond acceptors (Lipinski definition) is 4. The zero-order valence-electron chi connectivity index (χ0n) is 15.5. The Morgan fingerprint density at radius 2 is 1.57 bits per heavy atom. The maximum atomic E-state index is 13.0. The number of carboxylic acid groups (broad SMARTS) is 1. The SMILES string of the molecule is O=C(O)C(Cc1ccccc1)NC(=O)N(CCc1ccccc1)C1CSSC1. The Morgan fingerprint density at radius 3 is 2.14 bits per heavy atom. The molecule has 1 aliphatic rings. The lowest BCUT2D eigenvalue weighted by Crippen LogP contribution is -2.53. The summed E-state index contributed by atoms with van der Waals surface area (Å²) in [6.45, 7) is 0.569. The van der Waals surface area contributed by atoms with Crippen molar-refractivity contribution < 1.29 is 14.7 Å². The molecule has 2 N–H and O–H groups in total. The number of aliphatic carboxylic acids is 1. The summed E-state index contributed by atoms with van der Waals surface area (Å²) in [5, 5.41) is 12.3. The molecule has 1 atom stereocenters. The summed E-state index contributed by atoms with van der Waals surface area (Å²) in [5.74, 6) is 0.711. The van der Waals surface area contributed by atoms with Crippen molar-refractivity contribution >= 4 is 33.6 Å². The molecule has 0 aliphatic carbocycles. The Kier molecular flexibility index (Phi) is 7.68. The average molecular weight is 417 g/mol. The molecule has 3 rings (SSSR count). The predicted octanol–water partition coefficient (Wildman–Crippen LogP) is 3.70. The van der Waals surface area contributed by atoms with E-state index in [4.69, 9.17) is 0 Å². The molecule has 2 aromatic rings. The van der Waals surface area contributed by atoms with Crippen LogP contribution in [0.3, 0.4) is 0 Å². The van der Waals surface area contributed by atoms with Gasteiger partial charge in [-0.3, -0.25) is 0 Å². The lowest BCUT2D eigenvalue weighted by Gasteiger charge is -2.30. The molecule has 1 fully saturated rings. The molecule has 0 saturated carbocycles. The van der Waals surface area contributed by atoms with Crippen molar-refractivity contribution in [3.63, 3.8) is 0 Å². The summed E-state index contributed by atoms with van der Waals surface area (Å²) < 4.78 is 0. The summed E-state index contributed by atoms with van der Waals surface area (Å²) >= 11 is 0. The Bertz CT molecular complexity index is 768.